The smallest absolute Gasteiger partial charge is 0.282 e. The van der Waals surface area contributed by atoms with Crippen molar-refractivity contribution in [1.29, 1.82) is 0 Å². The molecule has 0 saturated carbocycles. The van der Waals surface area contributed by atoms with Crippen LogP contribution in [0.15, 0.2) is 65.8 Å². The van der Waals surface area contributed by atoms with Gasteiger partial charge in [0.15, 0.2) is 0 Å². The van der Waals surface area contributed by atoms with Crippen molar-refractivity contribution >= 4 is 40.2 Å². The van der Waals surface area contributed by atoms with Crippen LogP contribution in [0.3, 0.4) is 0 Å². The second-order valence-electron chi connectivity index (χ2n) is 7.40. The second kappa shape index (κ2) is 8.16. The van der Waals surface area contributed by atoms with Crippen LogP contribution in [-0.4, -0.2) is 47.9 Å². The Morgan fingerprint density at radius 2 is 1.66 bits per heavy atom. The van der Waals surface area contributed by atoms with E-state index >= 15 is 0 Å². The molecule has 6 nitrogen and oxygen atoms in total. The third-order valence-corrected chi connectivity index (χ3v) is 6.43. The Balaban J connectivity index is 1.50. The van der Waals surface area contributed by atoms with E-state index < -0.39 is 23.4 Å². The minimum atomic E-state index is -0.833. The number of carbonyl (C=O) groups excluding carboxylic acids is 2. The highest BCUT2D eigenvalue weighted by Gasteiger charge is 2.44. The van der Waals surface area contributed by atoms with Crippen LogP contribution in [0.25, 0.3) is 5.57 Å². The number of amides is 2. The van der Waals surface area contributed by atoms with Crippen LogP contribution in [0.2, 0.25) is 0 Å². The van der Waals surface area contributed by atoms with Gasteiger partial charge in [0.2, 0.25) is 0 Å². The Kier molecular flexibility index (Phi) is 5.18. The first kappa shape index (κ1) is 20.3. The Labute approximate surface area is 187 Å². The predicted octanol–water partition coefficient (Wildman–Crippen LogP) is 3.53. The first-order chi connectivity index (χ1) is 15.5. The van der Waals surface area contributed by atoms with Crippen molar-refractivity contribution in [2.24, 2.45) is 0 Å². The average Bonchev–Trinajstić information content (AvgIpc) is 3.42. The highest BCUT2D eigenvalue weighted by atomic mass is 32.1. The molecule has 0 N–H and O–H groups in total. The number of nitrogens with zero attached hydrogens (tertiary/aromatic N) is 4. The molecule has 5 rings (SSSR count). The van der Waals surface area contributed by atoms with Crippen molar-refractivity contribution in [3.63, 3.8) is 0 Å². The van der Waals surface area contributed by atoms with Gasteiger partial charge in [0.1, 0.15) is 23.1 Å². The molecule has 32 heavy (non-hydrogen) atoms. The van der Waals surface area contributed by atoms with Crippen LogP contribution in [0.4, 0.5) is 20.3 Å². The summed E-state index contributed by atoms with van der Waals surface area (Å²) in [5, 5.41) is 1.81. The number of hydrogen-bond donors (Lipinski definition) is 0. The number of hydrogen-bond acceptors (Lipinski definition) is 6. The fraction of sp³-hybridized carbons (Fsp3) is 0.174. The van der Waals surface area contributed by atoms with Crippen molar-refractivity contribution in [2.45, 2.75) is 0 Å². The van der Waals surface area contributed by atoms with Gasteiger partial charge in [0.05, 0.1) is 11.3 Å². The van der Waals surface area contributed by atoms with E-state index in [1.807, 2.05) is 28.5 Å². The minimum absolute atomic E-state index is 0.222. The van der Waals surface area contributed by atoms with E-state index in [4.69, 9.17) is 0 Å². The molecule has 1 fully saturated rings. The lowest BCUT2D eigenvalue weighted by Gasteiger charge is -2.37. The Morgan fingerprint density at radius 1 is 0.875 bits per heavy atom. The second-order valence-corrected chi connectivity index (χ2v) is 8.35. The number of pyridine rings is 1. The number of thiophene rings is 1. The third-order valence-electron chi connectivity index (χ3n) is 5.55. The van der Waals surface area contributed by atoms with E-state index in [2.05, 4.69) is 9.88 Å². The molecule has 2 aromatic heterocycles. The quantitative estimate of drug-likeness (QED) is 0.567. The van der Waals surface area contributed by atoms with Crippen LogP contribution >= 0.6 is 11.3 Å². The van der Waals surface area contributed by atoms with Gasteiger partial charge in [-0.15, -0.1) is 11.3 Å². The van der Waals surface area contributed by atoms with Crippen LogP contribution in [-0.2, 0) is 9.59 Å². The maximum atomic E-state index is 14.5. The molecule has 9 heteroatoms. The molecule has 2 aliphatic rings. The summed E-state index contributed by atoms with van der Waals surface area (Å²) >= 11 is 1.32. The summed E-state index contributed by atoms with van der Waals surface area (Å²) in [6.07, 6.45) is 1.73. The Hall–Kier alpha value is -3.59. The molecular weight excluding hydrogens is 434 g/mol. The molecule has 162 valence electrons. The van der Waals surface area contributed by atoms with E-state index in [1.165, 1.54) is 11.3 Å². The van der Waals surface area contributed by atoms with Crippen LogP contribution in [0.1, 0.15) is 4.88 Å². The lowest BCUT2D eigenvalue weighted by atomic mass is 10.1. The number of carbonyl (C=O) groups is 2. The summed E-state index contributed by atoms with van der Waals surface area (Å²) in [5.74, 6) is -2.01. The van der Waals surface area contributed by atoms with E-state index in [-0.39, 0.29) is 17.0 Å². The van der Waals surface area contributed by atoms with Gasteiger partial charge >= 0.3 is 0 Å². The normalized spacial score (nSPS) is 17.0. The lowest BCUT2D eigenvalue weighted by Crippen LogP contribution is -2.48. The van der Waals surface area contributed by atoms with Crippen molar-refractivity contribution in [3.8, 4) is 0 Å². The molecule has 2 aliphatic heterocycles. The zero-order valence-electron chi connectivity index (χ0n) is 16.9. The number of piperazine rings is 1. The molecule has 3 aromatic rings. The maximum Gasteiger partial charge on any atom is 0.282 e. The van der Waals surface area contributed by atoms with Gasteiger partial charge in [-0.3, -0.25) is 9.59 Å². The van der Waals surface area contributed by atoms with Gasteiger partial charge in [0.25, 0.3) is 11.8 Å². The van der Waals surface area contributed by atoms with Crippen LogP contribution < -0.4 is 9.80 Å². The number of imide groups is 1. The number of anilines is 2. The minimum Gasteiger partial charge on any atom is -0.363 e. The Morgan fingerprint density at radius 3 is 2.34 bits per heavy atom. The number of benzene rings is 1. The molecule has 0 spiro atoms. The molecule has 0 unspecified atom stereocenters. The van der Waals surface area contributed by atoms with Gasteiger partial charge in [0, 0.05) is 43.3 Å². The largest absolute Gasteiger partial charge is 0.363 e. The van der Waals surface area contributed by atoms with Gasteiger partial charge in [-0.1, -0.05) is 12.1 Å². The number of rotatable bonds is 4. The van der Waals surface area contributed by atoms with Crippen molar-refractivity contribution in [2.75, 3.05) is 36.0 Å². The fourth-order valence-electron chi connectivity index (χ4n) is 4.03. The van der Waals surface area contributed by atoms with Gasteiger partial charge < -0.3 is 9.80 Å². The first-order valence-corrected chi connectivity index (χ1v) is 11.0. The van der Waals surface area contributed by atoms with E-state index in [9.17, 15) is 18.4 Å². The monoisotopic (exact) mass is 452 g/mol. The Bertz CT molecular complexity index is 1210. The average molecular weight is 452 g/mol. The first-order valence-electron chi connectivity index (χ1n) is 10.1. The lowest BCUT2D eigenvalue weighted by molar-refractivity contribution is -0.120. The highest BCUT2D eigenvalue weighted by molar-refractivity contribution is 7.11. The fourth-order valence-corrected chi connectivity index (χ4v) is 4.79. The SMILES string of the molecule is O=C1C(c2cccs2)=C(N2CCN(c3ccccn3)CC2)C(=O)N1c1cc(F)ccc1F. The molecule has 1 saturated heterocycles. The molecule has 4 heterocycles. The topological polar surface area (TPSA) is 56.8 Å². The van der Waals surface area contributed by atoms with Gasteiger partial charge in [-0.2, -0.15) is 0 Å². The summed E-state index contributed by atoms with van der Waals surface area (Å²) in [5.41, 5.74) is 0.0675. The summed E-state index contributed by atoms with van der Waals surface area (Å²) < 4.78 is 28.3. The molecule has 0 aliphatic carbocycles. The van der Waals surface area contributed by atoms with Crippen LogP contribution in [0.5, 0.6) is 0 Å². The molecule has 1 aromatic carbocycles. The summed E-state index contributed by atoms with van der Waals surface area (Å²) in [7, 11) is 0. The molecule has 0 atom stereocenters. The van der Waals surface area contributed by atoms with Crippen molar-refractivity contribution in [1.82, 2.24) is 9.88 Å². The van der Waals surface area contributed by atoms with Crippen molar-refractivity contribution < 1.29 is 18.4 Å². The van der Waals surface area contributed by atoms with E-state index in [0.29, 0.717) is 31.1 Å². The van der Waals surface area contributed by atoms with E-state index in [0.717, 1.165) is 28.9 Å². The zero-order valence-corrected chi connectivity index (χ0v) is 17.7. The molecule has 2 amide bonds. The number of aromatic nitrogens is 1. The summed E-state index contributed by atoms with van der Waals surface area (Å²) in [6, 6.07) is 12.0. The van der Waals surface area contributed by atoms with Crippen LogP contribution in [0, 0.1) is 11.6 Å². The highest BCUT2D eigenvalue weighted by Crippen LogP contribution is 2.38. The van der Waals surface area contributed by atoms with Crippen molar-refractivity contribution in [3.05, 3.63) is 82.3 Å². The number of halogens is 2. The van der Waals surface area contributed by atoms with Gasteiger partial charge in [-0.05, 0) is 35.7 Å². The third kappa shape index (κ3) is 3.44. The predicted molar refractivity (Wildman–Crippen MR) is 118 cm³/mol. The van der Waals surface area contributed by atoms with Gasteiger partial charge in [-0.25, -0.2) is 18.7 Å². The maximum absolute atomic E-state index is 14.5. The summed E-state index contributed by atoms with van der Waals surface area (Å²) in [6.45, 7) is 2.18. The zero-order chi connectivity index (χ0) is 22.2. The molecular formula is C23H18F2N4O2S. The molecule has 0 radical (unpaired) electrons. The molecule has 0 bridgehead atoms. The van der Waals surface area contributed by atoms with E-state index in [1.54, 1.807) is 18.3 Å². The summed E-state index contributed by atoms with van der Waals surface area (Å²) in [4.78, 5) is 36.5. The standard InChI is InChI=1S/C23H18F2N4O2S/c24-15-6-7-16(25)17(14-15)29-22(30)20(18-4-3-13-32-18)21(23(29)31)28-11-9-27(10-12-28)19-5-1-2-8-26-19/h1-8,13-14H,9-12H2.